The van der Waals surface area contributed by atoms with E-state index in [9.17, 15) is 9.18 Å². The number of amides is 1. The third-order valence-corrected chi connectivity index (χ3v) is 4.64. The minimum absolute atomic E-state index is 0. The lowest BCUT2D eigenvalue weighted by Crippen LogP contribution is -2.27. The number of benzene rings is 2. The molecule has 25 heavy (non-hydrogen) atoms. The molecule has 1 saturated heterocycles. The SMILES string of the molecule is Cc1cc(C2CCNCC2)cc(F)c1C(=O)NCc1ccccc1.Cl. The Morgan fingerprint density at radius 1 is 1.20 bits per heavy atom. The van der Waals surface area contributed by atoms with Gasteiger partial charge in [0.15, 0.2) is 0 Å². The lowest BCUT2D eigenvalue weighted by molar-refractivity contribution is 0.0946. The molecule has 1 fully saturated rings. The summed E-state index contributed by atoms with van der Waals surface area (Å²) < 4.78 is 14.6. The van der Waals surface area contributed by atoms with Gasteiger partial charge in [-0.2, -0.15) is 0 Å². The molecule has 3 rings (SSSR count). The molecule has 1 aliphatic rings. The highest BCUT2D eigenvalue weighted by Crippen LogP contribution is 2.28. The number of hydrogen-bond donors (Lipinski definition) is 2. The van der Waals surface area contributed by atoms with E-state index in [1.165, 1.54) is 0 Å². The first-order chi connectivity index (χ1) is 11.6. The first-order valence-electron chi connectivity index (χ1n) is 8.48. The van der Waals surface area contributed by atoms with Crippen molar-refractivity contribution in [3.63, 3.8) is 0 Å². The molecule has 0 spiro atoms. The summed E-state index contributed by atoms with van der Waals surface area (Å²) in [4.78, 5) is 12.4. The number of carbonyl (C=O) groups is 1. The second-order valence-corrected chi connectivity index (χ2v) is 6.39. The first-order valence-corrected chi connectivity index (χ1v) is 8.48. The molecule has 0 aliphatic carbocycles. The monoisotopic (exact) mass is 362 g/mol. The Morgan fingerprint density at radius 2 is 1.88 bits per heavy atom. The average molecular weight is 363 g/mol. The van der Waals surface area contributed by atoms with E-state index in [1.54, 1.807) is 6.07 Å². The summed E-state index contributed by atoms with van der Waals surface area (Å²) in [6, 6.07) is 13.1. The number of halogens is 2. The van der Waals surface area contributed by atoms with Crippen LogP contribution < -0.4 is 10.6 Å². The second kappa shape index (κ2) is 8.97. The molecular weight excluding hydrogens is 339 g/mol. The van der Waals surface area contributed by atoms with Gasteiger partial charge in [-0.25, -0.2) is 4.39 Å². The molecule has 1 heterocycles. The van der Waals surface area contributed by atoms with Gasteiger partial charge >= 0.3 is 0 Å². The fraction of sp³-hybridized carbons (Fsp3) is 0.350. The summed E-state index contributed by atoms with van der Waals surface area (Å²) in [5.41, 5.74) is 2.86. The number of hydrogen-bond acceptors (Lipinski definition) is 2. The summed E-state index contributed by atoms with van der Waals surface area (Å²) in [5, 5.41) is 6.12. The number of carbonyl (C=O) groups excluding carboxylic acids is 1. The summed E-state index contributed by atoms with van der Waals surface area (Å²) in [5.74, 6) is -0.402. The van der Waals surface area contributed by atoms with Crippen molar-refractivity contribution in [1.82, 2.24) is 10.6 Å². The molecule has 0 unspecified atom stereocenters. The number of nitrogens with one attached hydrogen (secondary N) is 2. The van der Waals surface area contributed by atoms with E-state index in [0.29, 0.717) is 18.0 Å². The van der Waals surface area contributed by atoms with E-state index in [1.807, 2.05) is 43.3 Å². The highest BCUT2D eigenvalue weighted by atomic mass is 35.5. The zero-order chi connectivity index (χ0) is 16.9. The minimum Gasteiger partial charge on any atom is -0.348 e. The number of piperidine rings is 1. The molecule has 0 aromatic heterocycles. The highest BCUT2D eigenvalue weighted by Gasteiger charge is 2.20. The van der Waals surface area contributed by atoms with E-state index >= 15 is 0 Å². The number of aryl methyl sites for hydroxylation is 1. The second-order valence-electron chi connectivity index (χ2n) is 6.39. The van der Waals surface area contributed by atoms with E-state index in [-0.39, 0.29) is 23.9 Å². The van der Waals surface area contributed by atoms with Gasteiger partial charge in [0.25, 0.3) is 5.91 Å². The summed E-state index contributed by atoms with van der Waals surface area (Å²) in [6.45, 7) is 4.13. The zero-order valence-electron chi connectivity index (χ0n) is 14.3. The quantitative estimate of drug-likeness (QED) is 0.864. The maximum Gasteiger partial charge on any atom is 0.254 e. The van der Waals surface area contributed by atoms with Crippen LogP contribution in [-0.4, -0.2) is 19.0 Å². The fourth-order valence-electron chi connectivity index (χ4n) is 3.32. The zero-order valence-corrected chi connectivity index (χ0v) is 15.2. The Labute approximate surface area is 154 Å². The van der Waals surface area contributed by atoms with Gasteiger partial charge in [0, 0.05) is 6.54 Å². The van der Waals surface area contributed by atoms with Gasteiger partial charge in [0.05, 0.1) is 5.56 Å². The van der Waals surface area contributed by atoms with Crippen LogP contribution in [0.25, 0.3) is 0 Å². The van der Waals surface area contributed by atoms with Gasteiger partial charge < -0.3 is 10.6 Å². The van der Waals surface area contributed by atoms with Crippen LogP contribution in [0, 0.1) is 12.7 Å². The standard InChI is InChI=1S/C20H23FN2O.ClH/c1-14-11-17(16-7-9-22-10-8-16)12-18(21)19(14)20(24)23-13-15-5-3-2-4-6-15;/h2-6,11-12,16,22H,7-10,13H2,1H3,(H,23,24);1H. The van der Waals surface area contributed by atoms with Crippen molar-refractivity contribution in [3.8, 4) is 0 Å². The molecule has 0 bridgehead atoms. The normalized spacial score (nSPS) is 14.6. The predicted molar refractivity (Wildman–Crippen MR) is 101 cm³/mol. The molecule has 1 aliphatic heterocycles. The van der Waals surface area contributed by atoms with Gasteiger partial charge in [-0.15, -0.1) is 12.4 Å². The highest BCUT2D eigenvalue weighted by molar-refractivity contribution is 5.96. The Hall–Kier alpha value is -1.91. The van der Waals surface area contributed by atoms with Crippen LogP contribution in [0.3, 0.4) is 0 Å². The molecule has 2 N–H and O–H groups in total. The molecule has 3 nitrogen and oxygen atoms in total. The Bertz CT molecular complexity index is 692. The van der Waals surface area contributed by atoms with Crippen LogP contribution in [0.4, 0.5) is 4.39 Å². The van der Waals surface area contributed by atoms with Crippen LogP contribution in [0.15, 0.2) is 42.5 Å². The van der Waals surface area contributed by atoms with Gasteiger partial charge in [0.2, 0.25) is 0 Å². The molecular formula is C20H24ClFN2O. The summed E-state index contributed by atoms with van der Waals surface area (Å²) >= 11 is 0. The molecule has 134 valence electrons. The van der Waals surface area contributed by atoms with Crippen molar-refractivity contribution in [2.75, 3.05) is 13.1 Å². The predicted octanol–water partition coefficient (Wildman–Crippen LogP) is 3.95. The van der Waals surface area contributed by atoms with Gasteiger partial charge in [-0.3, -0.25) is 4.79 Å². The van der Waals surface area contributed by atoms with Crippen LogP contribution in [0.2, 0.25) is 0 Å². The van der Waals surface area contributed by atoms with Gasteiger partial charge in [-0.1, -0.05) is 36.4 Å². The van der Waals surface area contributed by atoms with Crippen LogP contribution in [0.5, 0.6) is 0 Å². The van der Waals surface area contributed by atoms with Crippen molar-refractivity contribution < 1.29 is 9.18 Å². The maximum atomic E-state index is 14.6. The molecule has 1 amide bonds. The molecule has 2 aromatic rings. The smallest absolute Gasteiger partial charge is 0.254 e. The molecule has 5 heteroatoms. The lowest BCUT2D eigenvalue weighted by atomic mass is 9.88. The third kappa shape index (κ3) is 4.80. The Kier molecular flexibility index (Phi) is 6.97. The van der Waals surface area contributed by atoms with Crippen LogP contribution >= 0.6 is 12.4 Å². The third-order valence-electron chi connectivity index (χ3n) is 4.64. The van der Waals surface area contributed by atoms with E-state index in [2.05, 4.69) is 10.6 Å². The van der Waals surface area contributed by atoms with Crippen molar-refractivity contribution in [2.45, 2.75) is 32.2 Å². The van der Waals surface area contributed by atoms with E-state index in [0.717, 1.165) is 37.1 Å². The molecule has 0 radical (unpaired) electrons. The summed E-state index contributed by atoms with van der Waals surface area (Å²) in [6.07, 6.45) is 2.02. The topological polar surface area (TPSA) is 41.1 Å². The Morgan fingerprint density at radius 3 is 2.52 bits per heavy atom. The largest absolute Gasteiger partial charge is 0.348 e. The van der Waals surface area contributed by atoms with Crippen molar-refractivity contribution in [2.24, 2.45) is 0 Å². The average Bonchev–Trinajstić information content (AvgIpc) is 2.61. The maximum absolute atomic E-state index is 14.6. The van der Waals surface area contributed by atoms with Crippen molar-refractivity contribution in [1.29, 1.82) is 0 Å². The van der Waals surface area contributed by atoms with Gasteiger partial charge in [0.1, 0.15) is 5.82 Å². The minimum atomic E-state index is -0.422. The molecule has 2 aromatic carbocycles. The summed E-state index contributed by atoms with van der Waals surface area (Å²) in [7, 11) is 0. The lowest BCUT2D eigenvalue weighted by Gasteiger charge is -2.24. The van der Waals surface area contributed by atoms with E-state index < -0.39 is 5.82 Å². The van der Waals surface area contributed by atoms with Gasteiger partial charge in [-0.05, 0) is 61.5 Å². The van der Waals surface area contributed by atoms with Crippen molar-refractivity contribution in [3.05, 3.63) is 70.5 Å². The molecule has 0 atom stereocenters. The fourth-order valence-corrected chi connectivity index (χ4v) is 3.32. The van der Waals surface area contributed by atoms with E-state index in [4.69, 9.17) is 0 Å². The van der Waals surface area contributed by atoms with Crippen molar-refractivity contribution >= 4 is 18.3 Å². The molecule has 0 saturated carbocycles. The van der Waals surface area contributed by atoms with Crippen LogP contribution in [0.1, 0.15) is 45.8 Å². The van der Waals surface area contributed by atoms with Crippen LogP contribution in [-0.2, 0) is 6.54 Å². The Balaban J connectivity index is 0.00000225. The number of rotatable bonds is 4. The first kappa shape index (κ1) is 19.4.